The van der Waals surface area contributed by atoms with Crippen molar-refractivity contribution in [2.24, 2.45) is 5.73 Å². The summed E-state index contributed by atoms with van der Waals surface area (Å²) in [7, 11) is 0. The molecule has 0 fully saturated rings. The van der Waals surface area contributed by atoms with Gasteiger partial charge in [-0.2, -0.15) is 0 Å². The minimum atomic E-state index is -0.742. The molecule has 3 N–H and O–H groups in total. The van der Waals surface area contributed by atoms with Crippen LogP contribution in [0, 0.1) is 11.6 Å². The largest absolute Gasteiger partial charge is 0.391 e. The highest BCUT2D eigenvalue weighted by molar-refractivity contribution is 5.23. The van der Waals surface area contributed by atoms with Crippen molar-refractivity contribution in [2.45, 2.75) is 44.8 Å². The Hall–Kier alpha value is -1.00. The Balaban J connectivity index is 2.79. The Morgan fingerprint density at radius 3 is 2.29 bits per heavy atom. The average Bonchev–Trinajstić information content (AvgIpc) is 2.27. The number of hydrogen-bond donors (Lipinski definition) is 2. The first-order valence-electron chi connectivity index (χ1n) is 5.84. The number of aliphatic hydroxyl groups excluding tert-OH is 1. The van der Waals surface area contributed by atoms with Crippen LogP contribution in [0.2, 0.25) is 0 Å². The van der Waals surface area contributed by atoms with E-state index < -0.39 is 23.7 Å². The predicted molar refractivity (Wildman–Crippen MR) is 63.7 cm³/mol. The molecule has 1 rings (SSSR count). The lowest BCUT2D eigenvalue weighted by Gasteiger charge is -2.21. The molecule has 3 atom stereocenters. The van der Waals surface area contributed by atoms with Crippen LogP contribution in [0.1, 0.15) is 38.2 Å². The zero-order valence-corrected chi connectivity index (χ0v) is 10.2. The summed E-state index contributed by atoms with van der Waals surface area (Å²) in [6.07, 6.45) is 0.148. The quantitative estimate of drug-likeness (QED) is 0.834. The monoisotopic (exact) mass is 243 g/mol. The van der Waals surface area contributed by atoms with E-state index in [4.69, 9.17) is 5.73 Å². The zero-order valence-electron chi connectivity index (χ0n) is 10.2. The van der Waals surface area contributed by atoms with Crippen molar-refractivity contribution in [3.05, 3.63) is 35.4 Å². The summed E-state index contributed by atoms with van der Waals surface area (Å²) >= 11 is 0. The normalized spacial score (nSPS) is 16.6. The van der Waals surface area contributed by atoms with Crippen LogP contribution >= 0.6 is 0 Å². The maximum atomic E-state index is 13.5. The number of aliphatic hydroxyl groups is 1. The van der Waals surface area contributed by atoms with Gasteiger partial charge in [-0.05, 0) is 30.9 Å². The van der Waals surface area contributed by atoms with E-state index in [2.05, 4.69) is 0 Å². The van der Waals surface area contributed by atoms with E-state index in [0.29, 0.717) is 6.42 Å². The number of nitrogens with two attached hydrogens (primary N) is 1. The van der Waals surface area contributed by atoms with Crippen molar-refractivity contribution in [3.63, 3.8) is 0 Å². The molecule has 4 heteroatoms. The molecule has 0 spiro atoms. The third-order valence-electron chi connectivity index (χ3n) is 3.05. The predicted octanol–water partition coefficient (Wildman–Crippen LogP) is 2.56. The molecular formula is C13H19F2NO. The highest BCUT2D eigenvalue weighted by atomic mass is 19.1. The van der Waals surface area contributed by atoms with Crippen molar-refractivity contribution in [1.29, 1.82) is 0 Å². The summed E-state index contributed by atoms with van der Waals surface area (Å²) < 4.78 is 27.0. The fraction of sp³-hybridized carbons (Fsp3) is 0.538. The molecular weight excluding hydrogens is 224 g/mol. The topological polar surface area (TPSA) is 46.2 Å². The van der Waals surface area contributed by atoms with Gasteiger partial charge in [0.15, 0.2) is 0 Å². The minimum absolute atomic E-state index is 0.0230. The van der Waals surface area contributed by atoms with Crippen molar-refractivity contribution < 1.29 is 13.9 Å². The Morgan fingerprint density at radius 1 is 1.29 bits per heavy atom. The average molecular weight is 243 g/mol. The summed E-state index contributed by atoms with van der Waals surface area (Å²) in [6, 6.07) is 3.42. The van der Waals surface area contributed by atoms with E-state index in [9.17, 15) is 13.9 Å². The second-order valence-electron chi connectivity index (χ2n) is 4.41. The minimum Gasteiger partial charge on any atom is -0.391 e. The van der Waals surface area contributed by atoms with Crippen LogP contribution in [-0.4, -0.2) is 17.3 Å². The maximum absolute atomic E-state index is 13.5. The Morgan fingerprint density at radius 2 is 1.82 bits per heavy atom. The molecule has 2 nitrogen and oxygen atoms in total. The SMILES string of the molecule is CCC(N)C(O)CC(C)c1c(F)cccc1F. The second-order valence-corrected chi connectivity index (χ2v) is 4.41. The van der Waals surface area contributed by atoms with Gasteiger partial charge in [0, 0.05) is 11.6 Å². The summed E-state index contributed by atoms with van der Waals surface area (Å²) in [5.41, 5.74) is 5.70. The molecule has 0 bridgehead atoms. The first kappa shape index (κ1) is 14.1. The van der Waals surface area contributed by atoms with Gasteiger partial charge in [-0.3, -0.25) is 0 Å². The molecule has 1 aromatic carbocycles. The van der Waals surface area contributed by atoms with Crippen LogP contribution in [0.3, 0.4) is 0 Å². The highest BCUT2D eigenvalue weighted by Gasteiger charge is 2.21. The van der Waals surface area contributed by atoms with Crippen LogP contribution in [0.25, 0.3) is 0 Å². The van der Waals surface area contributed by atoms with Crippen molar-refractivity contribution in [2.75, 3.05) is 0 Å². The van der Waals surface area contributed by atoms with Crippen LogP contribution in [0.15, 0.2) is 18.2 Å². The van der Waals surface area contributed by atoms with E-state index >= 15 is 0 Å². The van der Waals surface area contributed by atoms with Gasteiger partial charge < -0.3 is 10.8 Å². The summed E-state index contributed by atoms with van der Waals surface area (Å²) in [4.78, 5) is 0. The molecule has 0 heterocycles. The van der Waals surface area contributed by atoms with Gasteiger partial charge in [-0.15, -0.1) is 0 Å². The first-order chi connectivity index (χ1) is 7.97. The van der Waals surface area contributed by atoms with Crippen molar-refractivity contribution in [1.82, 2.24) is 0 Å². The number of halogens is 2. The fourth-order valence-corrected chi connectivity index (χ4v) is 1.91. The van der Waals surface area contributed by atoms with Crippen LogP contribution in [0.5, 0.6) is 0 Å². The summed E-state index contributed by atoms with van der Waals surface area (Å²) in [5.74, 6) is -1.55. The molecule has 96 valence electrons. The van der Waals surface area contributed by atoms with Gasteiger partial charge in [-0.1, -0.05) is 19.9 Å². The molecule has 0 aliphatic rings. The van der Waals surface area contributed by atoms with E-state index in [0.717, 1.165) is 0 Å². The van der Waals surface area contributed by atoms with Crippen LogP contribution in [0.4, 0.5) is 8.78 Å². The Labute approximate surface area is 100 Å². The van der Waals surface area contributed by atoms with Gasteiger partial charge in [0.2, 0.25) is 0 Å². The molecule has 3 unspecified atom stereocenters. The molecule has 0 aromatic heterocycles. The van der Waals surface area contributed by atoms with Crippen molar-refractivity contribution in [3.8, 4) is 0 Å². The van der Waals surface area contributed by atoms with Crippen LogP contribution < -0.4 is 5.73 Å². The van der Waals surface area contributed by atoms with Gasteiger partial charge in [0.05, 0.1) is 6.10 Å². The second kappa shape index (κ2) is 6.07. The molecule has 0 aliphatic carbocycles. The smallest absolute Gasteiger partial charge is 0.129 e. The molecule has 0 amide bonds. The molecule has 0 saturated heterocycles. The molecule has 0 saturated carbocycles. The van der Waals surface area contributed by atoms with E-state index in [1.165, 1.54) is 18.2 Å². The molecule has 1 aromatic rings. The number of rotatable bonds is 5. The standard InChI is InChI=1S/C13H19F2NO/c1-3-11(16)12(17)7-8(2)13-9(14)5-4-6-10(13)15/h4-6,8,11-12,17H,3,7,16H2,1-2H3. The number of benzene rings is 1. The summed E-state index contributed by atoms with van der Waals surface area (Å²) in [6.45, 7) is 3.55. The maximum Gasteiger partial charge on any atom is 0.129 e. The van der Waals surface area contributed by atoms with Gasteiger partial charge in [0.25, 0.3) is 0 Å². The van der Waals surface area contributed by atoms with E-state index in [-0.39, 0.29) is 18.0 Å². The number of hydrogen-bond acceptors (Lipinski definition) is 2. The van der Waals surface area contributed by atoms with Crippen LogP contribution in [-0.2, 0) is 0 Å². The van der Waals surface area contributed by atoms with Gasteiger partial charge in [-0.25, -0.2) is 8.78 Å². The Kier molecular flexibility index (Phi) is 5.02. The first-order valence-corrected chi connectivity index (χ1v) is 5.84. The molecule has 0 aliphatic heterocycles. The van der Waals surface area contributed by atoms with E-state index in [1.807, 2.05) is 6.92 Å². The third-order valence-corrected chi connectivity index (χ3v) is 3.05. The lowest BCUT2D eigenvalue weighted by Crippen LogP contribution is -2.34. The van der Waals surface area contributed by atoms with Crippen molar-refractivity contribution >= 4 is 0 Å². The Bertz CT molecular complexity index is 350. The zero-order chi connectivity index (χ0) is 13.0. The lowest BCUT2D eigenvalue weighted by molar-refractivity contribution is 0.125. The van der Waals surface area contributed by atoms with E-state index in [1.54, 1.807) is 6.92 Å². The fourth-order valence-electron chi connectivity index (χ4n) is 1.91. The molecule has 17 heavy (non-hydrogen) atoms. The van der Waals surface area contributed by atoms with Gasteiger partial charge >= 0.3 is 0 Å². The third kappa shape index (κ3) is 3.48. The molecule has 0 radical (unpaired) electrons. The highest BCUT2D eigenvalue weighted by Crippen LogP contribution is 2.26. The van der Waals surface area contributed by atoms with Gasteiger partial charge in [0.1, 0.15) is 11.6 Å². The summed E-state index contributed by atoms with van der Waals surface area (Å²) in [5, 5.41) is 9.76. The lowest BCUT2D eigenvalue weighted by atomic mass is 9.91.